The average molecular weight is 738 g/mol. The number of fused-ring (bicyclic) bond motifs is 9. The van der Waals surface area contributed by atoms with Gasteiger partial charge >= 0.3 is 0 Å². The third-order valence-electron chi connectivity index (χ3n) is 12.0. The third-order valence-corrected chi connectivity index (χ3v) is 19.9. The zero-order valence-corrected chi connectivity index (χ0v) is 33.8. The van der Waals surface area contributed by atoms with Crippen LogP contribution in [-0.2, 0) is 16.9 Å². The molecule has 2 bridgehead atoms. The van der Waals surface area contributed by atoms with Crippen molar-refractivity contribution in [2.75, 3.05) is 6.98 Å². The van der Waals surface area contributed by atoms with E-state index in [1.165, 1.54) is 0 Å². The monoisotopic (exact) mass is 737 g/mol. The van der Waals surface area contributed by atoms with E-state index in [0.717, 1.165) is 63.9 Å². The summed E-state index contributed by atoms with van der Waals surface area (Å²) in [6.07, 6.45) is 7.74. The molecular formula is C42H54N6O2SSi. The van der Waals surface area contributed by atoms with Gasteiger partial charge in [0.05, 0.1) is 23.1 Å². The molecule has 1 aliphatic carbocycles. The van der Waals surface area contributed by atoms with Crippen LogP contribution in [0.5, 0.6) is 0 Å². The van der Waals surface area contributed by atoms with Crippen molar-refractivity contribution in [3.8, 4) is 22.6 Å². The zero-order valence-electron chi connectivity index (χ0n) is 35.0. The Labute approximate surface area is 318 Å². The first kappa shape index (κ1) is 33.1. The third kappa shape index (κ3) is 5.92. The maximum Gasteiger partial charge on any atom is 0.254 e. The number of hydrogen-bond donors (Lipinski definition) is 1. The Bertz CT molecular complexity index is 2160. The number of amides is 1. The molecule has 8 nitrogen and oxygen atoms in total. The highest BCUT2D eigenvalue weighted by atomic mass is 32.2. The van der Waals surface area contributed by atoms with Gasteiger partial charge in [-0.15, -0.1) is 10.3 Å². The minimum absolute atomic E-state index is 0.346. The van der Waals surface area contributed by atoms with E-state index in [1.807, 2.05) is 57.4 Å². The molecule has 274 valence electrons. The Morgan fingerprint density at radius 2 is 1.67 bits per heavy atom. The molecule has 1 amide bonds. The molecular weight excluding hydrogens is 681 g/mol. The number of benzene rings is 2. The molecule has 3 atom stereocenters. The molecule has 7 rings (SSSR count). The second-order valence-corrected chi connectivity index (χ2v) is 24.5. The van der Waals surface area contributed by atoms with Crippen LogP contribution in [0, 0.1) is 11.5 Å². The van der Waals surface area contributed by atoms with Gasteiger partial charge in [-0.3, -0.25) is 4.79 Å². The second kappa shape index (κ2) is 13.4. The summed E-state index contributed by atoms with van der Waals surface area (Å²) in [5.41, 5.74) is 9.83. The van der Waals surface area contributed by atoms with Crippen LogP contribution < -0.4 is 4.72 Å². The summed E-state index contributed by atoms with van der Waals surface area (Å²) in [7, 11) is -2.13. The second-order valence-electron chi connectivity index (χ2n) is 17.0. The predicted octanol–water partition coefficient (Wildman–Crippen LogP) is 9.00. The Morgan fingerprint density at radius 1 is 1.00 bits per heavy atom. The minimum atomic E-state index is -2.67. The van der Waals surface area contributed by atoms with Crippen LogP contribution >= 0.6 is 0 Å². The number of nitrogens with zero attached hydrogens (tertiary/aromatic N) is 5. The normalized spacial score (nSPS) is 21.4. The van der Waals surface area contributed by atoms with Gasteiger partial charge < -0.3 is 14.0 Å². The number of imidazole rings is 1. The summed E-state index contributed by atoms with van der Waals surface area (Å²) in [4.78, 5) is 30.1. The Kier molecular flexibility index (Phi) is 8.54. The number of nitrogens with one attached hydrogen (secondary N) is 1. The van der Waals surface area contributed by atoms with Crippen molar-refractivity contribution in [1.82, 2.24) is 29.1 Å². The van der Waals surface area contributed by atoms with Crippen molar-refractivity contribution >= 4 is 36.4 Å². The predicted molar refractivity (Wildman–Crippen MR) is 214 cm³/mol. The minimum Gasteiger partial charge on any atom is -0.598 e. The quantitative estimate of drug-likeness (QED) is 0.116. The summed E-state index contributed by atoms with van der Waals surface area (Å²) in [5, 5.41) is 0. The molecule has 2 aromatic carbocycles. The summed E-state index contributed by atoms with van der Waals surface area (Å²) >= 11 is -1.27. The fourth-order valence-corrected chi connectivity index (χ4v) is 15.4. The maximum atomic E-state index is 14.3. The fraction of sp³-hybridized carbons (Fsp3) is 0.524. The lowest BCUT2D eigenvalue weighted by atomic mass is 9.93. The number of carbonyl (C=O) groups is 1. The van der Waals surface area contributed by atoms with Crippen LogP contribution in [0.25, 0.3) is 22.2 Å². The lowest BCUT2D eigenvalue weighted by Crippen LogP contribution is -2.50. The van der Waals surface area contributed by atoms with E-state index in [4.69, 9.17) is 19.1 Å². The lowest BCUT2D eigenvalue weighted by Gasteiger charge is -2.38. The summed E-state index contributed by atoms with van der Waals surface area (Å²) in [6.45, 7) is 16.9. The topological polar surface area (TPSA) is 99.0 Å². The first-order valence-electron chi connectivity index (χ1n) is 20.3. The van der Waals surface area contributed by atoms with Gasteiger partial charge in [-0.25, -0.2) is 15.0 Å². The standard InChI is InChI=1S/C42H54N6O2SSi/c1-26(2)52(27(3)4,28(5)6)21-18-29-14-13-15-32-37(29)35-23-36(47(10)39(32)49)38-45-33-17-16-30(22-34(33)48(35)38)31-24-43-40(44-25-31)42(19-11-12-20-42)46-51(50)41(7,8)9/h13-17,22,24-28,35-36,46H,11-12,19-20,23H2,1-10H3/t35-,36-,51?/m1/s1/i10D3. The van der Waals surface area contributed by atoms with Crippen LogP contribution in [0.4, 0.5) is 0 Å². The van der Waals surface area contributed by atoms with Crippen molar-refractivity contribution in [1.29, 1.82) is 0 Å². The van der Waals surface area contributed by atoms with E-state index >= 15 is 0 Å². The van der Waals surface area contributed by atoms with Gasteiger partial charge in [0.1, 0.15) is 24.2 Å². The van der Waals surface area contributed by atoms with Gasteiger partial charge in [0.2, 0.25) is 0 Å². The van der Waals surface area contributed by atoms with Crippen LogP contribution in [0.3, 0.4) is 0 Å². The summed E-state index contributed by atoms with van der Waals surface area (Å²) in [5.74, 6) is 4.34. The SMILES string of the molecule is [2H]C([2H])([2H])N1C(=O)c2cccc(C#C[Si](C(C)C)(C(C)C)C(C)C)c2[C@H]2C[C@@H]1c1nc3ccc(-c4cnc(C5(N[S+]([O-])C(C)(C)C)CCCC5)nc4)cc3n12. The molecule has 52 heavy (non-hydrogen) atoms. The maximum absolute atomic E-state index is 14.3. The van der Waals surface area contributed by atoms with Crippen LogP contribution in [0.2, 0.25) is 16.6 Å². The Morgan fingerprint density at radius 3 is 2.29 bits per heavy atom. The Balaban J connectivity index is 1.35. The van der Waals surface area contributed by atoms with Crippen molar-refractivity contribution < 1.29 is 13.5 Å². The lowest BCUT2D eigenvalue weighted by molar-refractivity contribution is 0.0734. The van der Waals surface area contributed by atoms with Gasteiger partial charge in [0.25, 0.3) is 5.91 Å². The molecule has 10 heteroatoms. The fourth-order valence-electron chi connectivity index (χ4n) is 9.25. The van der Waals surface area contributed by atoms with Gasteiger partial charge in [0.15, 0.2) is 5.82 Å². The van der Waals surface area contributed by atoms with Crippen LogP contribution in [0.15, 0.2) is 48.8 Å². The van der Waals surface area contributed by atoms with Crippen molar-refractivity contribution in [2.45, 2.75) is 133 Å². The van der Waals surface area contributed by atoms with E-state index in [0.29, 0.717) is 40.3 Å². The molecule has 0 spiro atoms. The highest BCUT2D eigenvalue weighted by Crippen LogP contribution is 2.49. The van der Waals surface area contributed by atoms with Gasteiger partial charge in [-0.2, -0.15) is 0 Å². The number of rotatable bonds is 7. The van der Waals surface area contributed by atoms with Crippen molar-refractivity contribution in [2.24, 2.45) is 0 Å². The number of carbonyl (C=O) groups excluding carboxylic acids is 1. The first-order valence-corrected chi connectivity index (χ1v) is 22.2. The first-order chi connectivity index (χ1) is 25.8. The molecule has 0 radical (unpaired) electrons. The molecule has 4 heterocycles. The molecule has 1 fully saturated rings. The molecule has 4 aromatic rings. The van der Waals surface area contributed by atoms with Crippen molar-refractivity contribution in [3.63, 3.8) is 0 Å². The summed E-state index contributed by atoms with van der Waals surface area (Å²) < 4.78 is 43.9. The van der Waals surface area contributed by atoms with Crippen LogP contribution in [0.1, 0.15) is 144 Å². The molecule has 0 saturated heterocycles. The number of aromatic nitrogens is 4. The van der Waals surface area contributed by atoms with Gasteiger partial charge in [0, 0.05) is 63.5 Å². The molecule has 1 unspecified atom stereocenters. The largest absolute Gasteiger partial charge is 0.598 e. The molecule has 2 aliphatic heterocycles. The van der Waals surface area contributed by atoms with E-state index < -0.39 is 48.6 Å². The molecule has 3 aliphatic rings. The van der Waals surface area contributed by atoms with E-state index in [-0.39, 0.29) is 6.04 Å². The van der Waals surface area contributed by atoms with Crippen LogP contribution in [-0.4, -0.2) is 54.7 Å². The highest BCUT2D eigenvalue weighted by Gasteiger charge is 2.47. The Hall–Kier alpha value is -3.49. The average Bonchev–Trinajstić information content (AvgIpc) is 3.80. The zero-order chi connectivity index (χ0) is 39.8. The molecule has 1 saturated carbocycles. The van der Waals surface area contributed by atoms with Gasteiger partial charge in [-0.1, -0.05) is 72.4 Å². The number of hydrogen-bond acceptors (Lipinski definition) is 6. The van der Waals surface area contributed by atoms with E-state index in [2.05, 4.69) is 68.4 Å². The van der Waals surface area contributed by atoms with E-state index in [1.54, 1.807) is 6.07 Å². The van der Waals surface area contributed by atoms with E-state index in [9.17, 15) is 9.35 Å². The van der Waals surface area contributed by atoms with Crippen molar-refractivity contribution in [3.05, 3.63) is 77.1 Å². The summed E-state index contributed by atoms with van der Waals surface area (Å²) in [6, 6.07) is 10.5. The van der Waals surface area contributed by atoms with Gasteiger partial charge in [-0.05, 0) is 80.1 Å². The molecule has 2 aromatic heterocycles. The highest BCUT2D eigenvalue weighted by molar-refractivity contribution is 7.90. The smallest absolute Gasteiger partial charge is 0.254 e. The molecule has 1 N–H and O–H groups in total.